The maximum absolute atomic E-state index is 12.5. The lowest BCUT2D eigenvalue weighted by atomic mass is 10.1. The van der Waals surface area contributed by atoms with Crippen LogP contribution in [0.3, 0.4) is 0 Å². The molecule has 0 spiro atoms. The lowest BCUT2D eigenvalue weighted by Gasteiger charge is -2.32. The van der Waals surface area contributed by atoms with Crippen molar-refractivity contribution in [1.82, 2.24) is 10.2 Å². The Labute approximate surface area is 124 Å². The Balaban J connectivity index is 2.32. The molecule has 1 saturated heterocycles. The fourth-order valence-corrected chi connectivity index (χ4v) is 3.14. The van der Waals surface area contributed by atoms with Crippen LogP contribution >= 0.6 is 0 Å². The molecule has 0 aromatic heterocycles. The number of hydrogen-bond acceptors (Lipinski definition) is 4. The minimum absolute atomic E-state index is 0.0207. The molecule has 6 nitrogen and oxygen atoms in total. The van der Waals surface area contributed by atoms with Gasteiger partial charge in [-0.05, 0) is 25.1 Å². The predicted octanol–water partition coefficient (Wildman–Crippen LogP) is 0.441. The van der Waals surface area contributed by atoms with Crippen molar-refractivity contribution in [2.24, 2.45) is 0 Å². The molecule has 1 aromatic carbocycles. The third kappa shape index (κ3) is 3.07. The third-order valence-electron chi connectivity index (χ3n) is 3.58. The molecular weight excluding hydrogens is 292 g/mol. The average Bonchev–Trinajstić information content (AvgIpc) is 2.49. The molecule has 0 radical (unpaired) electrons. The molecule has 7 heteroatoms. The summed E-state index contributed by atoms with van der Waals surface area (Å²) >= 11 is 0. The summed E-state index contributed by atoms with van der Waals surface area (Å²) in [5.74, 6) is -0.551. The normalized spacial score (nSPS) is 19.2. The average molecular weight is 310 g/mol. The highest BCUT2D eigenvalue weighted by atomic mass is 32.2. The van der Waals surface area contributed by atoms with Gasteiger partial charge in [-0.15, -0.1) is 0 Å². The van der Waals surface area contributed by atoms with E-state index in [4.69, 9.17) is 0 Å². The standard InChI is InChI=1S/C14H18N2O4S/c1-3-21(19,20)12-6-4-5-11(9-12)14(18)16-8-7-15-13(17)10(16)2/h4-6,9-10H,3,7-8H2,1-2H3,(H,15,17). The van der Waals surface area contributed by atoms with Crippen LogP contribution < -0.4 is 5.32 Å². The van der Waals surface area contributed by atoms with Crippen LogP contribution in [0.1, 0.15) is 24.2 Å². The first-order chi connectivity index (χ1) is 9.86. The van der Waals surface area contributed by atoms with Crippen LogP contribution in [0.5, 0.6) is 0 Å². The van der Waals surface area contributed by atoms with E-state index in [0.29, 0.717) is 13.1 Å². The van der Waals surface area contributed by atoms with E-state index < -0.39 is 15.9 Å². The lowest BCUT2D eigenvalue weighted by molar-refractivity contribution is -0.127. The molecule has 0 saturated carbocycles. The summed E-state index contributed by atoms with van der Waals surface area (Å²) in [5.41, 5.74) is 0.283. The molecule has 1 fully saturated rings. The number of benzene rings is 1. The zero-order chi connectivity index (χ0) is 15.6. The van der Waals surface area contributed by atoms with E-state index in [1.165, 1.54) is 17.0 Å². The van der Waals surface area contributed by atoms with Gasteiger partial charge in [0.2, 0.25) is 5.91 Å². The summed E-state index contributed by atoms with van der Waals surface area (Å²) in [6, 6.07) is 5.40. The fraction of sp³-hybridized carbons (Fsp3) is 0.429. The molecule has 0 bridgehead atoms. The molecule has 1 aromatic rings. The van der Waals surface area contributed by atoms with Crippen LogP contribution in [0, 0.1) is 0 Å². The SMILES string of the molecule is CCS(=O)(=O)c1cccc(C(=O)N2CCNC(=O)C2C)c1. The van der Waals surface area contributed by atoms with Gasteiger partial charge in [0.15, 0.2) is 9.84 Å². The zero-order valence-corrected chi connectivity index (χ0v) is 12.8. The van der Waals surface area contributed by atoms with Crippen LogP contribution in [0.4, 0.5) is 0 Å². The Morgan fingerprint density at radius 2 is 2.14 bits per heavy atom. The number of hydrogen-bond donors (Lipinski definition) is 1. The Bertz CT molecular complexity index is 669. The van der Waals surface area contributed by atoms with E-state index in [1.807, 2.05) is 0 Å². The Morgan fingerprint density at radius 3 is 2.81 bits per heavy atom. The molecule has 2 amide bonds. The largest absolute Gasteiger partial charge is 0.353 e. The van der Waals surface area contributed by atoms with E-state index in [0.717, 1.165) is 0 Å². The molecule has 1 aliphatic heterocycles. The van der Waals surface area contributed by atoms with Gasteiger partial charge < -0.3 is 10.2 Å². The number of piperazine rings is 1. The van der Waals surface area contributed by atoms with Crippen LogP contribution in [0.15, 0.2) is 29.2 Å². The molecule has 2 rings (SSSR count). The first-order valence-corrected chi connectivity index (χ1v) is 8.43. The van der Waals surface area contributed by atoms with Crippen molar-refractivity contribution in [3.63, 3.8) is 0 Å². The minimum Gasteiger partial charge on any atom is -0.353 e. The summed E-state index contributed by atoms with van der Waals surface area (Å²) in [6.45, 7) is 4.03. The van der Waals surface area contributed by atoms with Crippen LogP contribution in [0.25, 0.3) is 0 Å². The number of nitrogens with zero attached hydrogens (tertiary/aromatic N) is 1. The van der Waals surface area contributed by atoms with Crippen LogP contribution in [-0.2, 0) is 14.6 Å². The van der Waals surface area contributed by atoms with E-state index >= 15 is 0 Å². The number of carbonyl (C=O) groups excluding carboxylic acids is 2. The Morgan fingerprint density at radius 1 is 1.43 bits per heavy atom. The smallest absolute Gasteiger partial charge is 0.254 e. The van der Waals surface area contributed by atoms with Crippen molar-refractivity contribution in [3.05, 3.63) is 29.8 Å². The predicted molar refractivity (Wildman–Crippen MR) is 77.7 cm³/mol. The number of sulfone groups is 1. The Kier molecular flexibility index (Phi) is 4.32. The van der Waals surface area contributed by atoms with Gasteiger partial charge in [0.05, 0.1) is 10.6 Å². The first kappa shape index (κ1) is 15.5. The maximum atomic E-state index is 12.5. The highest BCUT2D eigenvalue weighted by molar-refractivity contribution is 7.91. The Hall–Kier alpha value is -1.89. The summed E-state index contributed by atoms with van der Waals surface area (Å²) in [5, 5.41) is 2.68. The third-order valence-corrected chi connectivity index (χ3v) is 5.31. The summed E-state index contributed by atoms with van der Waals surface area (Å²) < 4.78 is 23.8. The molecular formula is C14H18N2O4S. The van der Waals surface area contributed by atoms with Gasteiger partial charge in [-0.25, -0.2) is 8.42 Å². The zero-order valence-electron chi connectivity index (χ0n) is 12.0. The van der Waals surface area contributed by atoms with E-state index in [9.17, 15) is 18.0 Å². The second-order valence-electron chi connectivity index (χ2n) is 4.90. The summed E-state index contributed by atoms with van der Waals surface area (Å²) in [6.07, 6.45) is 0. The van der Waals surface area contributed by atoms with Crippen molar-refractivity contribution in [3.8, 4) is 0 Å². The minimum atomic E-state index is -3.36. The van der Waals surface area contributed by atoms with Crippen molar-refractivity contribution in [2.75, 3.05) is 18.8 Å². The molecule has 114 valence electrons. The number of nitrogens with one attached hydrogen (secondary N) is 1. The maximum Gasteiger partial charge on any atom is 0.254 e. The molecule has 1 aliphatic rings. The van der Waals surface area contributed by atoms with Gasteiger partial charge >= 0.3 is 0 Å². The topological polar surface area (TPSA) is 83.6 Å². The molecule has 1 unspecified atom stereocenters. The molecule has 0 aliphatic carbocycles. The van der Waals surface area contributed by atoms with Gasteiger partial charge in [0.1, 0.15) is 6.04 Å². The van der Waals surface area contributed by atoms with Gasteiger partial charge in [0.25, 0.3) is 5.91 Å². The highest BCUT2D eigenvalue weighted by Gasteiger charge is 2.30. The van der Waals surface area contributed by atoms with Crippen molar-refractivity contribution < 1.29 is 18.0 Å². The first-order valence-electron chi connectivity index (χ1n) is 6.78. The molecule has 21 heavy (non-hydrogen) atoms. The van der Waals surface area contributed by atoms with Crippen molar-refractivity contribution in [1.29, 1.82) is 0 Å². The monoisotopic (exact) mass is 310 g/mol. The lowest BCUT2D eigenvalue weighted by Crippen LogP contribution is -2.55. The summed E-state index contributed by atoms with van der Waals surface area (Å²) in [4.78, 5) is 25.7. The van der Waals surface area contributed by atoms with E-state index in [-0.39, 0.29) is 28.0 Å². The number of rotatable bonds is 3. The van der Waals surface area contributed by atoms with E-state index in [2.05, 4.69) is 5.32 Å². The quantitative estimate of drug-likeness (QED) is 0.878. The van der Waals surface area contributed by atoms with Gasteiger partial charge in [-0.1, -0.05) is 13.0 Å². The van der Waals surface area contributed by atoms with Crippen molar-refractivity contribution in [2.45, 2.75) is 24.8 Å². The van der Waals surface area contributed by atoms with Crippen LogP contribution in [-0.4, -0.2) is 50.0 Å². The van der Waals surface area contributed by atoms with Crippen LogP contribution in [0.2, 0.25) is 0 Å². The van der Waals surface area contributed by atoms with Crippen molar-refractivity contribution >= 4 is 21.7 Å². The van der Waals surface area contributed by atoms with E-state index in [1.54, 1.807) is 26.0 Å². The second-order valence-corrected chi connectivity index (χ2v) is 7.18. The number of carbonyl (C=O) groups is 2. The molecule has 1 N–H and O–H groups in total. The van der Waals surface area contributed by atoms with Gasteiger partial charge in [0, 0.05) is 18.7 Å². The van der Waals surface area contributed by atoms with Gasteiger partial charge in [-0.3, -0.25) is 9.59 Å². The molecule has 1 heterocycles. The number of amides is 2. The van der Waals surface area contributed by atoms with Gasteiger partial charge in [-0.2, -0.15) is 0 Å². The highest BCUT2D eigenvalue weighted by Crippen LogP contribution is 2.16. The fourth-order valence-electron chi connectivity index (χ4n) is 2.21. The molecule has 1 atom stereocenters. The summed E-state index contributed by atoms with van der Waals surface area (Å²) in [7, 11) is -3.36. The second kappa shape index (κ2) is 5.85.